The van der Waals surface area contributed by atoms with Gasteiger partial charge in [0.15, 0.2) is 5.13 Å². The van der Waals surface area contributed by atoms with E-state index in [2.05, 4.69) is 16.9 Å². The van der Waals surface area contributed by atoms with Crippen molar-refractivity contribution >= 4 is 22.4 Å². The lowest BCUT2D eigenvalue weighted by atomic mass is 10.2. The maximum atomic E-state index is 11.9. The first-order valence-corrected chi connectivity index (χ1v) is 6.64. The van der Waals surface area contributed by atoms with Crippen LogP contribution in [0.25, 0.3) is 0 Å². The average molecular weight is 274 g/mol. The summed E-state index contributed by atoms with van der Waals surface area (Å²) >= 11 is 1.41. The normalized spacial score (nSPS) is 9.95. The monoisotopic (exact) mass is 274 g/mol. The quantitative estimate of drug-likeness (QED) is 0.851. The molecular weight excluding hydrogens is 260 g/mol. The summed E-state index contributed by atoms with van der Waals surface area (Å²) in [5.41, 5.74) is 1.47. The first-order chi connectivity index (χ1) is 9.19. The van der Waals surface area contributed by atoms with Crippen LogP contribution in [0.3, 0.4) is 0 Å². The molecule has 0 spiro atoms. The third kappa shape index (κ3) is 3.66. The number of nitrogens with one attached hydrogen (secondary N) is 1. The molecule has 98 valence electrons. The molecule has 1 amide bonds. The van der Waals surface area contributed by atoms with E-state index in [9.17, 15) is 4.79 Å². The van der Waals surface area contributed by atoms with Gasteiger partial charge in [-0.05, 0) is 31.2 Å². The summed E-state index contributed by atoms with van der Waals surface area (Å²) in [7, 11) is 0. The molecule has 0 fully saturated rings. The molecule has 1 N–H and O–H groups in total. The summed E-state index contributed by atoms with van der Waals surface area (Å²) in [4.78, 5) is 16.1. The van der Waals surface area contributed by atoms with Gasteiger partial charge in [0.1, 0.15) is 12.4 Å². The van der Waals surface area contributed by atoms with E-state index < -0.39 is 0 Å². The molecule has 0 aliphatic carbocycles. The summed E-state index contributed by atoms with van der Waals surface area (Å²) in [6, 6.07) is 6.94. The van der Waals surface area contributed by atoms with Crippen LogP contribution in [0.4, 0.5) is 5.13 Å². The largest absolute Gasteiger partial charge is 0.490 e. The second-order valence-electron chi connectivity index (χ2n) is 3.87. The number of rotatable bonds is 5. The van der Waals surface area contributed by atoms with Crippen molar-refractivity contribution in [2.45, 2.75) is 6.92 Å². The molecule has 1 heterocycles. The van der Waals surface area contributed by atoms with E-state index in [-0.39, 0.29) is 5.91 Å². The van der Waals surface area contributed by atoms with Crippen LogP contribution in [0.2, 0.25) is 0 Å². The van der Waals surface area contributed by atoms with Crippen molar-refractivity contribution in [2.75, 3.05) is 11.9 Å². The number of ether oxygens (including phenoxy) is 1. The van der Waals surface area contributed by atoms with Crippen LogP contribution < -0.4 is 10.1 Å². The molecule has 0 aliphatic heterocycles. The number of hydrogen-bond donors (Lipinski definition) is 1. The molecule has 1 aromatic heterocycles. The Bertz CT molecular complexity index is 575. The molecule has 0 atom stereocenters. The smallest absolute Gasteiger partial charge is 0.257 e. The molecule has 4 nitrogen and oxygen atoms in total. The molecule has 0 saturated heterocycles. The second kappa shape index (κ2) is 6.15. The van der Waals surface area contributed by atoms with Crippen LogP contribution in [-0.2, 0) is 0 Å². The van der Waals surface area contributed by atoms with E-state index in [1.165, 1.54) is 11.3 Å². The molecule has 0 radical (unpaired) electrons. The number of aromatic nitrogens is 1. The molecule has 0 saturated carbocycles. The first kappa shape index (κ1) is 13.3. The highest BCUT2D eigenvalue weighted by Gasteiger charge is 2.08. The third-order valence-corrected chi connectivity index (χ3v) is 3.20. The Labute approximate surface area is 115 Å². The van der Waals surface area contributed by atoms with Gasteiger partial charge in [0.2, 0.25) is 0 Å². The van der Waals surface area contributed by atoms with Gasteiger partial charge in [-0.1, -0.05) is 12.7 Å². The number of carbonyl (C=O) groups is 1. The van der Waals surface area contributed by atoms with Gasteiger partial charge in [0.25, 0.3) is 5.91 Å². The van der Waals surface area contributed by atoms with E-state index in [1.807, 2.05) is 12.3 Å². The van der Waals surface area contributed by atoms with Crippen molar-refractivity contribution in [1.29, 1.82) is 0 Å². The summed E-state index contributed by atoms with van der Waals surface area (Å²) in [6.45, 7) is 5.91. The fraction of sp³-hybridized carbons (Fsp3) is 0.143. The second-order valence-corrected chi connectivity index (χ2v) is 4.73. The van der Waals surface area contributed by atoms with Crippen LogP contribution in [0.15, 0.2) is 42.3 Å². The van der Waals surface area contributed by atoms with Gasteiger partial charge in [0.05, 0.1) is 5.69 Å². The minimum absolute atomic E-state index is 0.176. The van der Waals surface area contributed by atoms with Crippen LogP contribution in [0.1, 0.15) is 16.1 Å². The van der Waals surface area contributed by atoms with E-state index >= 15 is 0 Å². The SMILES string of the molecule is C=CCOc1ccc(C(=O)Nc2nc(C)cs2)cc1. The lowest BCUT2D eigenvalue weighted by Gasteiger charge is -2.05. The van der Waals surface area contributed by atoms with Crippen molar-refractivity contribution in [3.05, 3.63) is 53.6 Å². The van der Waals surface area contributed by atoms with Gasteiger partial charge in [-0.15, -0.1) is 11.3 Å². The molecule has 19 heavy (non-hydrogen) atoms. The van der Waals surface area contributed by atoms with Crippen molar-refractivity contribution in [1.82, 2.24) is 4.98 Å². The summed E-state index contributed by atoms with van der Waals surface area (Å²) in [5.74, 6) is 0.533. The van der Waals surface area contributed by atoms with Gasteiger partial charge in [-0.2, -0.15) is 0 Å². The Kier molecular flexibility index (Phi) is 4.30. The summed E-state index contributed by atoms with van der Waals surface area (Å²) in [5, 5.41) is 5.25. The van der Waals surface area contributed by atoms with Crippen LogP contribution in [0.5, 0.6) is 5.75 Å². The molecule has 0 aliphatic rings. The van der Waals surface area contributed by atoms with Crippen molar-refractivity contribution in [3.8, 4) is 5.75 Å². The molecule has 2 rings (SSSR count). The van der Waals surface area contributed by atoms with Gasteiger partial charge in [-0.25, -0.2) is 4.98 Å². The zero-order valence-corrected chi connectivity index (χ0v) is 11.4. The average Bonchev–Trinajstić information content (AvgIpc) is 2.82. The number of amides is 1. The Balaban J connectivity index is 2.01. The first-order valence-electron chi connectivity index (χ1n) is 5.76. The highest BCUT2D eigenvalue weighted by atomic mass is 32.1. The lowest BCUT2D eigenvalue weighted by molar-refractivity contribution is 0.102. The van der Waals surface area contributed by atoms with Gasteiger partial charge in [0, 0.05) is 10.9 Å². The standard InChI is InChI=1S/C14H14N2O2S/c1-3-8-18-12-6-4-11(5-7-12)13(17)16-14-15-10(2)9-19-14/h3-7,9H,1,8H2,2H3,(H,15,16,17). The molecule has 5 heteroatoms. The molecule has 0 bridgehead atoms. The Morgan fingerprint density at radius 1 is 1.47 bits per heavy atom. The molecule has 0 unspecified atom stereocenters. The lowest BCUT2D eigenvalue weighted by Crippen LogP contribution is -2.11. The van der Waals surface area contributed by atoms with E-state index in [4.69, 9.17) is 4.74 Å². The third-order valence-electron chi connectivity index (χ3n) is 2.32. The van der Waals surface area contributed by atoms with E-state index in [0.717, 1.165) is 5.69 Å². The molecule has 1 aromatic carbocycles. The highest BCUT2D eigenvalue weighted by molar-refractivity contribution is 7.13. The fourth-order valence-electron chi connectivity index (χ4n) is 1.44. The van der Waals surface area contributed by atoms with Crippen molar-refractivity contribution in [3.63, 3.8) is 0 Å². The molecular formula is C14H14N2O2S. The van der Waals surface area contributed by atoms with Crippen molar-refractivity contribution < 1.29 is 9.53 Å². The minimum atomic E-state index is -0.176. The number of carbonyl (C=O) groups excluding carboxylic acids is 1. The molecule has 2 aromatic rings. The van der Waals surface area contributed by atoms with Crippen LogP contribution in [-0.4, -0.2) is 17.5 Å². The summed E-state index contributed by atoms with van der Waals surface area (Å²) < 4.78 is 5.35. The van der Waals surface area contributed by atoms with Gasteiger partial charge >= 0.3 is 0 Å². The van der Waals surface area contributed by atoms with Crippen LogP contribution >= 0.6 is 11.3 Å². The predicted octanol–water partition coefficient (Wildman–Crippen LogP) is 3.27. The Morgan fingerprint density at radius 3 is 2.79 bits per heavy atom. The highest BCUT2D eigenvalue weighted by Crippen LogP contribution is 2.17. The Morgan fingerprint density at radius 2 is 2.21 bits per heavy atom. The predicted molar refractivity (Wildman–Crippen MR) is 76.9 cm³/mol. The zero-order valence-electron chi connectivity index (χ0n) is 10.6. The fourth-order valence-corrected chi connectivity index (χ4v) is 2.12. The number of anilines is 1. The minimum Gasteiger partial charge on any atom is -0.490 e. The van der Waals surface area contributed by atoms with Crippen LogP contribution in [0, 0.1) is 6.92 Å². The van der Waals surface area contributed by atoms with E-state index in [0.29, 0.717) is 23.1 Å². The number of nitrogens with zero attached hydrogens (tertiary/aromatic N) is 1. The topological polar surface area (TPSA) is 51.2 Å². The van der Waals surface area contributed by atoms with E-state index in [1.54, 1.807) is 30.3 Å². The number of benzene rings is 1. The summed E-state index contributed by atoms with van der Waals surface area (Å²) in [6.07, 6.45) is 1.67. The maximum absolute atomic E-state index is 11.9. The maximum Gasteiger partial charge on any atom is 0.257 e. The van der Waals surface area contributed by atoms with Gasteiger partial charge in [-0.3, -0.25) is 10.1 Å². The van der Waals surface area contributed by atoms with Crippen molar-refractivity contribution in [2.24, 2.45) is 0 Å². The number of hydrogen-bond acceptors (Lipinski definition) is 4. The number of aryl methyl sites for hydroxylation is 1. The zero-order chi connectivity index (χ0) is 13.7. The Hall–Kier alpha value is -2.14. The van der Waals surface area contributed by atoms with Gasteiger partial charge < -0.3 is 4.74 Å². The number of thiazole rings is 1.